The normalized spacial score (nSPS) is 11.9. The number of benzene rings is 2. The molecule has 0 saturated heterocycles. The minimum Gasteiger partial charge on any atom is -0.491 e. The Bertz CT molecular complexity index is 736. The second-order valence-electron chi connectivity index (χ2n) is 5.74. The minimum absolute atomic E-state index is 0.151. The number of para-hydroxylation sites is 1. The fraction of sp³-hybridized carbons (Fsp3) is 0.316. The number of hydrogen-bond donors (Lipinski definition) is 0. The highest BCUT2D eigenvalue weighted by Crippen LogP contribution is 2.22. The summed E-state index contributed by atoms with van der Waals surface area (Å²) in [5, 5.41) is 0. The summed E-state index contributed by atoms with van der Waals surface area (Å²) >= 11 is 0. The summed E-state index contributed by atoms with van der Waals surface area (Å²) in [4.78, 5) is 13.7. The topological polar surface area (TPSA) is 29.5 Å². The van der Waals surface area contributed by atoms with E-state index in [1.807, 2.05) is 0 Å². The third-order valence-corrected chi connectivity index (χ3v) is 4.03. The molecule has 0 N–H and O–H groups in total. The van der Waals surface area contributed by atoms with Crippen LogP contribution in [-0.2, 0) is 4.79 Å². The third kappa shape index (κ3) is 4.98. The van der Waals surface area contributed by atoms with Gasteiger partial charge in [0.25, 0.3) is 0 Å². The van der Waals surface area contributed by atoms with Crippen LogP contribution in [0, 0.1) is 17.5 Å². The number of amides is 1. The largest absolute Gasteiger partial charge is 0.491 e. The van der Waals surface area contributed by atoms with Gasteiger partial charge < -0.3 is 9.64 Å². The average molecular weight is 351 g/mol. The van der Waals surface area contributed by atoms with Gasteiger partial charge in [0, 0.05) is 13.5 Å². The lowest BCUT2D eigenvalue weighted by molar-refractivity contribution is -0.132. The van der Waals surface area contributed by atoms with Gasteiger partial charge in [-0.15, -0.1) is 0 Å². The Hall–Kier alpha value is -2.50. The predicted octanol–water partition coefficient (Wildman–Crippen LogP) is 4.48. The molecule has 1 atom stereocenters. The van der Waals surface area contributed by atoms with Crippen molar-refractivity contribution in [2.45, 2.75) is 25.8 Å². The van der Waals surface area contributed by atoms with Gasteiger partial charge in [0.2, 0.25) is 5.91 Å². The molecule has 1 amide bonds. The first-order chi connectivity index (χ1) is 11.9. The highest BCUT2D eigenvalue weighted by Gasteiger charge is 2.18. The number of nitrogens with zero attached hydrogens (tertiary/aromatic N) is 1. The molecule has 0 heterocycles. The Morgan fingerprint density at radius 1 is 1.08 bits per heavy atom. The molecule has 25 heavy (non-hydrogen) atoms. The highest BCUT2D eigenvalue weighted by atomic mass is 19.2. The fourth-order valence-corrected chi connectivity index (χ4v) is 2.36. The van der Waals surface area contributed by atoms with Gasteiger partial charge in [0.15, 0.2) is 23.2 Å². The van der Waals surface area contributed by atoms with Crippen LogP contribution in [0.25, 0.3) is 0 Å². The molecule has 0 fully saturated rings. The summed E-state index contributed by atoms with van der Waals surface area (Å²) in [5.74, 6) is -2.32. The van der Waals surface area contributed by atoms with Gasteiger partial charge in [-0.25, -0.2) is 13.2 Å². The first-order valence-corrected chi connectivity index (χ1v) is 7.98. The summed E-state index contributed by atoms with van der Waals surface area (Å²) in [6, 6.07) is 9.25. The zero-order valence-corrected chi connectivity index (χ0v) is 14.1. The van der Waals surface area contributed by atoms with E-state index in [4.69, 9.17) is 4.74 Å². The first-order valence-electron chi connectivity index (χ1n) is 7.98. The van der Waals surface area contributed by atoms with Crippen molar-refractivity contribution >= 4 is 5.91 Å². The lowest BCUT2D eigenvalue weighted by Gasteiger charge is -2.25. The van der Waals surface area contributed by atoms with Crippen molar-refractivity contribution in [3.8, 4) is 5.75 Å². The standard InChI is InChI=1S/C19H20F3NO2/c1-13(14-9-10-15(20)17(22)12-14)23(2)19(24)8-5-11-25-18-7-4-3-6-16(18)21/h3-4,6-7,9-10,12-13H,5,8,11H2,1-2H3. The van der Waals surface area contributed by atoms with Crippen LogP contribution < -0.4 is 4.74 Å². The fourth-order valence-electron chi connectivity index (χ4n) is 2.36. The van der Waals surface area contributed by atoms with Crippen molar-refractivity contribution in [1.29, 1.82) is 0 Å². The molecular weight excluding hydrogens is 331 g/mol. The average Bonchev–Trinajstić information content (AvgIpc) is 2.61. The Morgan fingerprint density at radius 2 is 1.80 bits per heavy atom. The van der Waals surface area contributed by atoms with Gasteiger partial charge >= 0.3 is 0 Å². The van der Waals surface area contributed by atoms with Crippen molar-refractivity contribution in [2.75, 3.05) is 13.7 Å². The van der Waals surface area contributed by atoms with E-state index in [1.165, 1.54) is 23.1 Å². The van der Waals surface area contributed by atoms with Crippen LogP contribution >= 0.6 is 0 Å². The highest BCUT2D eigenvalue weighted by molar-refractivity contribution is 5.76. The zero-order valence-electron chi connectivity index (χ0n) is 14.1. The Kier molecular flexibility index (Phi) is 6.44. The molecule has 0 spiro atoms. The van der Waals surface area contributed by atoms with Gasteiger partial charge in [-0.3, -0.25) is 4.79 Å². The Labute approximate surface area is 145 Å². The number of rotatable bonds is 7. The van der Waals surface area contributed by atoms with E-state index in [0.29, 0.717) is 12.0 Å². The van der Waals surface area contributed by atoms with Gasteiger partial charge in [-0.1, -0.05) is 18.2 Å². The molecule has 0 radical (unpaired) electrons. The summed E-state index contributed by atoms with van der Waals surface area (Å²) in [5.41, 5.74) is 0.511. The molecule has 0 aliphatic heterocycles. The third-order valence-electron chi connectivity index (χ3n) is 4.03. The van der Waals surface area contributed by atoms with Crippen molar-refractivity contribution < 1.29 is 22.7 Å². The quantitative estimate of drug-likeness (QED) is 0.688. The molecule has 3 nitrogen and oxygen atoms in total. The maximum atomic E-state index is 13.4. The van der Waals surface area contributed by atoms with Crippen LogP contribution in [0.2, 0.25) is 0 Å². The Morgan fingerprint density at radius 3 is 2.48 bits per heavy atom. The second kappa shape index (κ2) is 8.55. The molecule has 0 bridgehead atoms. The first kappa shape index (κ1) is 18.8. The van der Waals surface area contributed by atoms with Crippen molar-refractivity contribution in [1.82, 2.24) is 4.90 Å². The molecule has 1 unspecified atom stereocenters. The molecule has 2 rings (SSSR count). The predicted molar refractivity (Wildman–Crippen MR) is 88.7 cm³/mol. The number of halogens is 3. The molecule has 0 saturated carbocycles. The molecule has 134 valence electrons. The van der Waals surface area contributed by atoms with E-state index in [1.54, 1.807) is 26.1 Å². The Balaban J connectivity index is 1.83. The van der Waals surface area contributed by atoms with E-state index in [2.05, 4.69) is 0 Å². The van der Waals surface area contributed by atoms with E-state index in [0.717, 1.165) is 12.1 Å². The van der Waals surface area contributed by atoms with Crippen LogP contribution in [0.5, 0.6) is 5.75 Å². The summed E-state index contributed by atoms with van der Waals surface area (Å²) in [7, 11) is 1.60. The maximum Gasteiger partial charge on any atom is 0.222 e. The molecule has 2 aromatic carbocycles. The van der Waals surface area contributed by atoms with Crippen LogP contribution in [0.15, 0.2) is 42.5 Å². The molecule has 0 aromatic heterocycles. The zero-order chi connectivity index (χ0) is 18.4. The maximum absolute atomic E-state index is 13.4. The number of ether oxygens (including phenoxy) is 1. The summed E-state index contributed by atoms with van der Waals surface area (Å²) < 4.78 is 45.0. The van der Waals surface area contributed by atoms with Gasteiger partial charge in [0.1, 0.15) is 0 Å². The van der Waals surface area contributed by atoms with Crippen molar-refractivity contribution in [3.63, 3.8) is 0 Å². The summed E-state index contributed by atoms with van der Waals surface area (Å²) in [6.45, 7) is 1.94. The molecular formula is C19H20F3NO2. The molecule has 0 aliphatic rings. The van der Waals surface area contributed by atoms with Gasteiger partial charge in [-0.05, 0) is 43.2 Å². The van der Waals surface area contributed by atoms with Crippen molar-refractivity contribution in [3.05, 3.63) is 65.5 Å². The lowest BCUT2D eigenvalue weighted by atomic mass is 10.1. The van der Waals surface area contributed by atoms with E-state index >= 15 is 0 Å². The number of carbonyl (C=O) groups is 1. The molecule has 6 heteroatoms. The van der Waals surface area contributed by atoms with Crippen LogP contribution in [0.4, 0.5) is 13.2 Å². The van der Waals surface area contributed by atoms with Gasteiger partial charge in [0.05, 0.1) is 12.6 Å². The minimum atomic E-state index is -0.941. The monoisotopic (exact) mass is 351 g/mol. The van der Waals surface area contributed by atoms with E-state index < -0.39 is 23.5 Å². The van der Waals surface area contributed by atoms with Crippen molar-refractivity contribution in [2.24, 2.45) is 0 Å². The molecule has 0 aliphatic carbocycles. The number of carbonyl (C=O) groups excluding carboxylic acids is 1. The lowest BCUT2D eigenvalue weighted by Crippen LogP contribution is -2.29. The SMILES string of the molecule is CC(c1ccc(F)c(F)c1)N(C)C(=O)CCCOc1ccccc1F. The second-order valence-corrected chi connectivity index (χ2v) is 5.74. The molecule has 2 aromatic rings. The van der Waals surface area contributed by atoms with Gasteiger partial charge in [-0.2, -0.15) is 0 Å². The smallest absolute Gasteiger partial charge is 0.222 e. The van der Waals surface area contributed by atoms with Crippen LogP contribution in [0.3, 0.4) is 0 Å². The van der Waals surface area contributed by atoms with Crippen LogP contribution in [0.1, 0.15) is 31.4 Å². The summed E-state index contributed by atoms with van der Waals surface area (Å²) in [6.07, 6.45) is 0.626. The van der Waals surface area contributed by atoms with Crippen LogP contribution in [-0.4, -0.2) is 24.5 Å². The number of hydrogen-bond acceptors (Lipinski definition) is 2. The van der Waals surface area contributed by atoms with E-state index in [-0.39, 0.29) is 24.7 Å². The van der Waals surface area contributed by atoms with E-state index in [9.17, 15) is 18.0 Å².